The third kappa shape index (κ3) is 3.73. The average molecular weight is 333 g/mol. The van der Waals surface area contributed by atoms with Gasteiger partial charge < -0.3 is 4.74 Å². The fraction of sp³-hybridized carbons (Fsp3) is 0.231. The highest BCUT2D eigenvalue weighted by Gasteiger charge is 2.35. The zero-order valence-electron chi connectivity index (χ0n) is 11.5. The summed E-state index contributed by atoms with van der Waals surface area (Å²) in [5, 5.41) is 6.07. The first-order valence-electron chi connectivity index (χ1n) is 5.97. The van der Waals surface area contributed by atoms with E-state index >= 15 is 0 Å². The second-order valence-electron chi connectivity index (χ2n) is 4.24. The fourth-order valence-electron chi connectivity index (χ4n) is 1.63. The van der Waals surface area contributed by atoms with E-state index in [1.165, 1.54) is 18.4 Å². The molecule has 2 aromatic rings. The van der Waals surface area contributed by atoms with Gasteiger partial charge in [-0.05, 0) is 13.0 Å². The fourth-order valence-corrected chi connectivity index (χ4v) is 2.27. The van der Waals surface area contributed by atoms with Crippen LogP contribution in [0.2, 0.25) is 0 Å². The van der Waals surface area contributed by atoms with Gasteiger partial charge in [0.1, 0.15) is 11.6 Å². The molecule has 1 N–H and O–H groups in total. The Labute approximate surface area is 127 Å². The second-order valence-corrected chi connectivity index (χ2v) is 5.09. The Morgan fingerprint density at radius 2 is 2.09 bits per heavy atom. The average Bonchev–Trinajstić information content (AvgIpc) is 2.84. The molecule has 0 saturated heterocycles. The zero-order chi connectivity index (χ0) is 16.3. The Morgan fingerprint density at radius 1 is 1.36 bits per heavy atom. The predicted octanol–water partition coefficient (Wildman–Crippen LogP) is 4.06. The summed E-state index contributed by atoms with van der Waals surface area (Å²) in [5.74, 6) is -1.45. The molecule has 0 spiro atoms. The van der Waals surface area contributed by atoms with E-state index < -0.39 is 17.6 Å². The lowest BCUT2D eigenvalue weighted by molar-refractivity contribution is -0.140. The first-order chi connectivity index (χ1) is 10.3. The molecule has 0 aliphatic heterocycles. The Hall–Kier alpha value is -2.16. The molecular weight excluding hydrogens is 322 g/mol. The number of benzene rings is 1. The molecule has 4 nitrogen and oxygen atoms in total. The summed E-state index contributed by atoms with van der Waals surface area (Å²) < 4.78 is 56.4. The number of methoxy groups -OCH3 is 1. The van der Waals surface area contributed by atoms with Crippen LogP contribution in [0.5, 0.6) is 5.75 Å². The maximum absolute atomic E-state index is 13.4. The molecular formula is C13H11F4N3OS. The van der Waals surface area contributed by atoms with Gasteiger partial charge in [-0.2, -0.15) is 18.3 Å². The largest absolute Gasteiger partial charge is 0.496 e. The lowest BCUT2D eigenvalue weighted by Gasteiger charge is -2.11. The number of thiazole rings is 1. The van der Waals surface area contributed by atoms with Gasteiger partial charge in [0.2, 0.25) is 5.13 Å². The first kappa shape index (κ1) is 16.2. The summed E-state index contributed by atoms with van der Waals surface area (Å²) in [4.78, 5) is 4.08. The van der Waals surface area contributed by atoms with Crippen LogP contribution in [0.1, 0.15) is 16.8 Å². The molecule has 9 heteroatoms. The van der Waals surface area contributed by atoms with Gasteiger partial charge in [-0.1, -0.05) is 0 Å². The molecule has 1 heterocycles. The second kappa shape index (κ2) is 6.30. The smallest absolute Gasteiger partial charge is 0.419 e. The van der Waals surface area contributed by atoms with Crippen molar-refractivity contribution in [2.45, 2.75) is 13.1 Å². The Bertz CT molecular complexity index is 697. The van der Waals surface area contributed by atoms with Crippen LogP contribution in [-0.4, -0.2) is 18.3 Å². The Morgan fingerprint density at radius 3 is 2.64 bits per heavy atom. The van der Waals surface area contributed by atoms with Crippen molar-refractivity contribution in [2.75, 3.05) is 12.5 Å². The minimum Gasteiger partial charge on any atom is -0.496 e. The van der Waals surface area contributed by atoms with E-state index in [9.17, 15) is 17.6 Å². The number of hydrogen-bond donors (Lipinski definition) is 1. The van der Waals surface area contributed by atoms with Gasteiger partial charge >= 0.3 is 6.18 Å². The quantitative estimate of drug-likeness (QED) is 0.521. The summed E-state index contributed by atoms with van der Waals surface area (Å²) in [7, 11) is 1.23. The number of aryl methyl sites for hydroxylation is 1. The van der Waals surface area contributed by atoms with Gasteiger partial charge in [0.15, 0.2) is 0 Å². The molecule has 22 heavy (non-hydrogen) atoms. The lowest BCUT2D eigenvalue weighted by Crippen LogP contribution is -2.10. The number of nitrogens with one attached hydrogen (secondary N) is 1. The summed E-state index contributed by atoms with van der Waals surface area (Å²) in [6.45, 7) is 1.80. The van der Waals surface area contributed by atoms with Crippen molar-refractivity contribution in [1.29, 1.82) is 0 Å². The number of anilines is 1. The molecule has 0 saturated carbocycles. The molecule has 118 valence electrons. The van der Waals surface area contributed by atoms with Crippen LogP contribution < -0.4 is 10.2 Å². The van der Waals surface area contributed by atoms with E-state index in [-0.39, 0.29) is 11.3 Å². The first-order valence-corrected chi connectivity index (χ1v) is 6.85. The van der Waals surface area contributed by atoms with Gasteiger partial charge in [0.25, 0.3) is 0 Å². The molecule has 0 bridgehead atoms. The van der Waals surface area contributed by atoms with Crippen molar-refractivity contribution in [3.8, 4) is 5.75 Å². The maximum Gasteiger partial charge on any atom is 0.419 e. The molecule has 0 amide bonds. The normalized spacial score (nSPS) is 11.9. The van der Waals surface area contributed by atoms with E-state index in [0.717, 1.165) is 11.9 Å². The van der Waals surface area contributed by atoms with Crippen LogP contribution in [0, 0.1) is 12.7 Å². The highest BCUT2D eigenvalue weighted by molar-refractivity contribution is 7.13. The van der Waals surface area contributed by atoms with Gasteiger partial charge in [-0.25, -0.2) is 9.37 Å². The Balaban J connectivity index is 2.28. The van der Waals surface area contributed by atoms with Crippen molar-refractivity contribution in [2.24, 2.45) is 5.10 Å². The van der Waals surface area contributed by atoms with E-state index in [4.69, 9.17) is 4.74 Å². The minimum absolute atomic E-state index is 0.00277. The summed E-state index contributed by atoms with van der Waals surface area (Å²) in [6.07, 6.45) is -3.68. The minimum atomic E-state index is -4.79. The molecule has 0 aliphatic rings. The summed E-state index contributed by atoms with van der Waals surface area (Å²) >= 11 is 1.30. The van der Waals surface area contributed by atoms with Crippen molar-refractivity contribution in [3.05, 3.63) is 40.2 Å². The number of aromatic nitrogens is 1. The van der Waals surface area contributed by atoms with Crippen LogP contribution in [0.3, 0.4) is 0 Å². The van der Waals surface area contributed by atoms with Crippen LogP contribution in [-0.2, 0) is 6.18 Å². The number of hydrogen-bond acceptors (Lipinski definition) is 5. The molecule has 2 rings (SSSR count). The topological polar surface area (TPSA) is 46.5 Å². The standard InChI is InChI=1S/C13H11F4N3OS/c1-7-6-22-12(19-7)20-18-5-8-3-9(13(15,16)17)10(14)4-11(8)21-2/h3-6H,1-2H3,(H,19,20). The molecule has 0 fully saturated rings. The molecule has 0 radical (unpaired) electrons. The van der Waals surface area contributed by atoms with Crippen molar-refractivity contribution >= 4 is 22.7 Å². The third-order valence-electron chi connectivity index (χ3n) is 2.61. The van der Waals surface area contributed by atoms with Gasteiger partial charge in [0, 0.05) is 17.0 Å². The van der Waals surface area contributed by atoms with Crippen LogP contribution in [0.15, 0.2) is 22.6 Å². The molecule has 0 aliphatic carbocycles. The SMILES string of the molecule is COc1cc(F)c(C(F)(F)F)cc1C=NNc1nc(C)cs1. The number of alkyl halides is 3. The molecule has 0 unspecified atom stereocenters. The van der Waals surface area contributed by atoms with Crippen molar-refractivity contribution in [3.63, 3.8) is 0 Å². The van der Waals surface area contributed by atoms with Gasteiger partial charge in [0.05, 0.1) is 24.6 Å². The van der Waals surface area contributed by atoms with Gasteiger partial charge in [-0.3, -0.25) is 5.43 Å². The van der Waals surface area contributed by atoms with Crippen molar-refractivity contribution < 1.29 is 22.3 Å². The summed E-state index contributed by atoms with van der Waals surface area (Å²) in [6, 6.07) is 1.32. The number of nitrogens with zero attached hydrogens (tertiary/aromatic N) is 2. The van der Waals surface area contributed by atoms with E-state index in [1.54, 1.807) is 12.3 Å². The number of ether oxygens (including phenoxy) is 1. The number of halogens is 4. The van der Waals surface area contributed by atoms with Crippen LogP contribution in [0.25, 0.3) is 0 Å². The van der Waals surface area contributed by atoms with E-state index in [1.807, 2.05) is 0 Å². The monoisotopic (exact) mass is 333 g/mol. The van der Waals surface area contributed by atoms with Crippen LogP contribution >= 0.6 is 11.3 Å². The molecule has 0 atom stereocenters. The summed E-state index contributed by atoms with van der Waals surface area (Å²) in [5.41, 5.74) is 2.00. The Kier molecular flexibility index (Phi) is 4.65. The van der Waals surface area contributed by atoms with Crippen molar-refractivity contribution in [1.82, 2.24) is 4.98 Å². The maximum atomic E-state index is 13.4. The number of rotatable bonds is 4. The highest BCUT2D eigenvalue weighted by atomic mass is 32.1. The number of hydrazone groups is 1. The van der Waals surface area contributed by atoms with E-state index in [0.29, 0.717) is 17.3 Å². The molecule has 1 aromatic heterocycles. The third-order valence-corrected chi connectivity index (χ3v) is 3.47. The van der Waals surface area contributed by atoms with Gasteiger partial charge in [-0.15, -0.1) is 11.3 Å². The van der Waals surface area contributed by atoms with Crippen LogP contribution in [0.4, 0.5) is 22.7 Å². The predicted molar refractivity (Wildman–Crippen MR) is 76.0 cm³/mol. The van der Waals surface area contributed by atoms with E-state index in [2.05, 4.69) is 15.5 Å². The lowest BCUT2D eigenvalue weighted by atomic mass is 10.1. The zero-order valence-corrected chi connectivity index (χ0v) is 12.3. The molecule has 1 aromatic carbocycles. The highest BCUT2D eigenvalue weighted by Crippen LogP contribution is 2.34.